The summed E-state index contributed by atoms with van der Waals surface area (Å²) >= 11 is 0. The predicted molar refractivity (Wildman–Crippen MR) is 80.3 cm³/mol. The first-order valence-corrected chi connectivity index (χ1v) is 9.02. The molecule has 7 nitrogen and oxygen atoms in total. The number of hydrogen-bond acceptors (Lipinski definition) is 6. The van der Waals surface area contributed by atoms with Crippen LogP contribution in [0, 0.1) is 11.6 Å². The Kier molecular flexibility index (Phi) is 4.87. The third-order valence-electron chi connectivity index (χ3n) is 3.84. The van der Waals surface area contributed by atoms with Gasteiger partial charge < -0.3 is 18.6 Å². The zero-order valence-electron chi connectivity index (χ0n) is 13.0. The van der Waals surface area contributed by atoms with Gasteiger partial charge in [-0.3, -0.25) is 0 Å². The van der Waals surface area contributed by atoms with Gasteiger partial charge in [-0.15, -0.1) is 0 Å². The van der Waals surface area contributed by atoms with Gasteiger partial charge in [0.1, 0.15) is 11.6 Å². The maximum atomic E-state index is 14.3. The second-order valence-electron chi connectivity index (χ2n) is 5.71. The molecule has 0 N–H and O–H groups in total. The lowest BCUT2D eigenvalue weighted by Gasteiger charge is -2.29. The van der Waals surface area contributed by atoms with Crippen LogP contribution in [0.2, 0.25) is 0 Å². The Hall–Kier alpha value is -1.88. The molecular formula is C15H15F2N2O5S-. The third kappa shape index (κ3) is 4.21. The summed E-state index contributed by atoms with van der Waals surface area (Å²) in [7, 11) is -4.40. The molecule has 1 aromatic carbocycles. The Morgan fingerprint density at radius 3 is 2.84 bits per heavy atom. The van der Waals surface area contributed by atoms with Gasteiger partial charge in [-0.1, -0.05) is 0 Å². The highest BCUT2D eigenvalue weighted by atomic mass is 32.2. The standard InChI is InChI=1S/C15H16F2N2O5S/c16-11-1-2-13(14(17)7-11)15(9-19-5-4-18-10-19)23-8-12(24-15)3-6-25(20,21)22/h1-2,4-5,7,10,12H,3,6,8-9H2,(H,20,21,22)/p-1. The zero-order chi connectivity index (χ0) is 18.1. The molecular weight excluding hydrogens is 358 g/mol. The number of aromatic nitrogens is 2. The van der Waals surface area contributed by atoms with Crippen molar-refractivity contribution in [3.8, 4) is 0 Å². The van der Waals surface area contributed by atoms with E-state index in [4.69, 9.17) is 9.47 Å². The number of nitrogens with zero attached hydrogens (tertiary/aromatic N) is 2. The van der Waals surface area contributed by atoms with Crippen LogP contribution in [-0.2, 0) is 31.9 Å². The summed E-state index contributed by atoms with van der Waals surface area (Å²) in [5, 5.41) is 0. The van der Waals surface area contributed by atoms with Crippen LogP contribution in [0.15, 0.2) is 36.9 Å². The van der Waals surface area contributed by atoms with Crippen LogP contribution in [-0.4, -0.2) is 41.0 Å². The van der Waals surface area contributed by atoms with Crippen LogP contribution in [0.4, 0.5) is 8.78 Å². The molecule has 0 spiro atoms. The van der Waals surface area contributed by atoms with E-state index in [1.165, 1.54) is 18.6 Å². The first-order valence-electron chi connectivity index (χ1n) is 7.44. The van der Waals surface area contributed by atoms with E-state index in [2.05, 4.69) is 4.98 Å². The number of halogens is 2. The molecule has 2 unspecified atom stereocenters. The van der Waals surface area contributed by atoms with Crippen molar-refractivity contribution in [2.45, 2.75) is 24.9 Å². The Labute approximate surface area is 142 Å². The molecule has 3 rings (SSSR count). The molecule has 2 aromatic rings. The summed E-state index contributed by atoms with van der Waals surface area (Å²) in [6, 6.07) is 3.01. The molecule has 1 fully saturated rings. The Bertz CT molecular complexity index is 844. The van der Waals surface area contributed by atoms with Crippen molar-refractivity contribution in [3.05, 3.63) is 54.1 Å². The SMILES string of the molecule is O=S(=O)([O-])CCC1COC(Cn2ccnc2)(c2ccc(F)cc2F)O1. The van der Waals surface area contributed by atoms with E-state index >= 15 is 0 Å². The Morgan fingerprint density at radius 2 is 2.20 bits per heavy atom. The van der Waals surface area contributed by atoms with Gasteiger partial charge in [-0.2, -0.15) is 0 Å². The van der Waals surface area contributed by atoms with E-state index < -0.39 is 39.4 Å². The zero-order valence-corrected chi connectivity index (χ0v) is 13.8. The van der Waals surface area contributed by atoms with Crippen molar-refractivity contribution in [1.82, 2.24) is 9.55 Å². The maximum Gasteiger partial charge on any atom is 0.216 e. The smallest absolute Gasteiger partial charge is 0.216 e. The average molecular weight is 373 g/mol. The number of benzene rings is 1. The average Bonchev–Trinajstić information content (AvgIpc) is 3.15. The largest absolute Gasteiger partial charge is 0.748 e. The van der Waals surface area contributed by atoms with Gasteiger partial charge in [0.05, 0.1) is 35.7 Å². The van der Waals surface area contributed by atoms with E-state index in [-0.39, 0.29) is 25.1 Å². The molecule has 1 aliphatic heterocycles. The molecule has 1 aliphatic rings. The summed E-state index contributed by atoms with van der Waals surface area (Å²) < 4.78 is 73.0. The molecule has 0 radical (unpaired) electrons. The molecule has 10 heteroatoms. The molecule has 0 saturated carbocycles. The van der Waals surface area contributed by atoms with Gasteiger partial charge in [-0.05, 0) is 18.6 Å². The van der Waals surface area contributed by atoms with E-state index in [0.29, 0.717) is 6.07 Å². The van der Waals surface area contributed by atoms with Gasteiger partial charge in [-0.25, -0.2) is 22.2 Å². The van der Waals surface area contributed by atoms with Crippen molar-refractivity contribution < 1.29 is 31.2 Å². The minimum atomic E-state index is -4.40. The van der Waals surface area contributed by atoms with Crippen LogP contribution < -0.4 is 0 Å². The molecule has 1 aromatic heterocycles. The summed E-state index contributed by atoms with van der Waals surface area (Å²) in [4.78, 5) is 3.89. The van der Waals surface area contributed by atoms with Crippen molar-refractivity contribution in [3.63, 3.8) is 0 Å². The van der Waals surface area contributed by atoms with Crippen LogP contribution in [0.1, 0.15) is 12.0 Å². The molecule has 2 heterocycles. The molecule has 25 heavy (non-hydrogen) atoms. The lowest BCUT2D eigenvalue weighted by atomic mass is 10.0. The summed E-state index contributed by atoms with van der Waals surface area (Å²) in [5.41, 5.74) is -0.0184. The van der Waals surface area contributed by atoms with E-state index in [1.54, 1.807) is 10.8 Å². The predicted octanol–water partition coefficient (Wildman–Crippen LogP) is 1.36. The molecule has 0 aliphatic carbocycles. The fraction of sp³-hybridized carbons (Fsp3) is 0.400. The monoisotopic (exact) mass is 373 g/mol. The highest BCUT2D eigenvalue weighted by Gasteiger charge is 2.45. The summed E-state index contributed by atoms with van der Waals surface area (Å²) in [5.74, 6) is -3.78. The van der Waals surface area contributed by atoms with Crippen LogP contribution in [0.5, 0.6) is 0 Å². The lowest BCUT2D eigenvalue weighted by molar-refractivity contribution is -0.189. The van der Waals surface area contributed by atoms with E-state index in [1.807, 2.05) is 0 Å². The van der Waals surface area contributed by atoms with Crippen molar-refractivity contribution in [1.29, 1.82) is 0 Å². The molecule has 2 atom stereocenters. The third-order valence-corrected chi connectivity index (χ3v) is 4.58. The van der Waals surface area contributed by atoms with Crippen molar-refractivity contribution in [2.75, 3.05) is 12.4 Å². The molecule has 0 bridgehead atoms. The normalized spacial score (nSPS) is 23.9. The minimum Gasteiger partial charge on any atom is -0.748 e. The minimum absolute atomic E-state index is 0.0184. The fourth-order valence-electron chi connectivity index (χ4n) is 2.71. The van der Waals surface area contributed by atoms with Gasteiger partial charge in [0.2, 0.25) is 5.79 Å². The van der Waals surface area contributed by atoms with Crippen LogP contribution >= 0.6 is 0 Å². The highest BCUT2D eigenvalue weighted by molar-refractivity contribution is 7.85. The summed E-state index contributed by atoms with van der Waals surface area (Å²) in [6.45, 7) is -0.00277. The van der Waals surface area contributed by atoms with Gasteiger partial charge in [0, 0.05) is 29.8 Å². The summed E-state index contributed by atoms with van der Waals surface area (Å²) in [6.07, 6.45) is 3.82. The van der Waals surface area contributed by atoms with Gasteiger partial charge in [0.25, 0.3) is 0 Å². The number of hydrogen-bond donors (Lipinski definition) is 0. The first-order chi connectivity index (χ1) is 11.8. The highest BCUT2D eigenvalue weighted by Crippen LogP contribution is 2.38. The number of imidazole rings is 1. The van der Waals surface area contributed by atoms with E-state index in [0.717, 1.165) is 6.07 Å². The van der Waals surface area contributed by atoms with Gasteiger partial charge in [0.15, 0.2) is 0 Å². The fourth-order valence-corrected chi connectivity index (χ4v) is 3.26. The first kappa shape index (κ1) is 17.9. The lowest BCUT2D eigenvalue weighted by Crippen LogP contribution is -2.34. The quantitative estimate of drug-likeness (QED) is 0.710. The molecule has 136 valence electrons. The molecule has 0 amide bonds. The Morgan fingerprint density at radius 1 is 1.40 bits per heavy atom. The second kappa shape index (κ2) is 6.79. The topological polar surface area (TPSA) is 93.5 Å². The number of ether oxygens (including phenoxy) is 2. The van der Waals surface area contributed by atoms with Crippen LogP contribution in [0.3, 0.4) is 0 Å². The molecule has 1 saturated heterocycles. The van der Waals surface area contributed by atoms with Gasteiger partial charge >= 0.3 is 0 Å². The number of rotatable bonds is 6. The Balaban J connectivity index is 1.88. The van der Waals surface area contributed by atoms with Crippen LogP contribution in [0.25, 0.3) is 0 Å². The van der Waals surface area contributed by atoms with E-state index in [9.17, 15) is 21.8 Å². The van der Waals surface area contributed by atoms with Crippen molar-refractivity contribution >= 4 is 10.1 Å². The maximum absolute atomic E-state index is 14.3. The second-order valence-corrected chi connectivity index (χ2v) is 7.24. The van der Waals surface area contributed by atoms with Crippen molar-refractivity contribution in [2.24, 2.45) is 0 Å².